The van der Waals surface area contributed by atoms with E-state index in [0.717, 1.165) is 42.1 Å². The molecule has 1 N–H and O–H groups in total. The van der Waals surface area contributed by atoms with Crippen LogP contribution >= 0.6 is 22.9 Å². The molecule has 140 valence electrons. The number of halogens is 1. The number of hydrogen-bond donors (Lipinski definition) is 1. The molecule has 2 aromatic carbocycles. The molecule has 3 aromatic rings. The van der Waals surface area contributed by atoms with Crippen molar-refractivity contribution >= 4 is 44.2 Å². The van der Waals surface area contributed by atoms with Gasteiger partial charge in [0.25, 0.3) is 0 Å². The third-order valence-electron chi connectivity index (χ3n) is 4.98. The Morgan fingerprint density at radius 2 is 2.11 bits per heavy atom. The lowest BCUT2D eigenvalue weighted by molar-refractivity contribution is -0.125. The number of piperidine rings is 1. The van der Waals surface area contributed by atoms with E-state index in [4.69, 9.17) is 16.6 Å². The van der Waals surface area contributed by atoms with E-state index in [-0.39, 0.29) is 11.8 Å². The van der Waals surface area contributed by atoms with Gasteiger partial charge in [-0.25, -0.2) is 4.98 Å². The van der Waals surface area contributed by atoms with E-state index >= 15 is 0 Å². The maximum atomic E-state index is 12.7. The molecule has 0 radical (unpaired) electrons. The first-order valence-electron chi connectivity index (χ1n) is 9.23. The number of thiazole rings is 1. The molecule has 1 atom stereocenters. The summed E-state index contributed by atoms with van der Waals surface area (Å²) in [5.74, 6) is 0.117. The number of hydrogen-bond acceptors (Lipinski definition) is 4. The first-order chi connectivity index (χ1) is 13.1. The fraction of sp³-hybridized carbons (Fsp3) is 0.333. The van der Waals surface area contributed by atoms with Crippen LogP contribution in [0.25, 0.3) is 10.2 Å². The van der Waals surface area contributed by atoms with Gasteiger partial charge in [-0.2, -0.15) is 0 Å². The topological polar surface area (TPSA) is 45.2 Å². The smallest absolute Gasteiger partial charge is 0.225 e. The summed E-state index contributed by atoms with van der Waals surface area (Å²) in [6, 6.07) is 13.9. The lowest BCUT2D eigenvalue weighted by atomic mass is 9.97. The molecular weight excluding hydrogens is 378 g/mol. The van der Waals surface area contributed by atoms with Crippen molar-refractivity contribution in [3.63, 3.8) is 0 Å². The minimum Gasteiger partial charge on any atom is -0.352 e. The fourth-order valence-corrected chi connectivity index (χ4v) is 4.68. The Hall–Kier alpha value is -2.11. The van der Waals surface area contributed by atoms with Crippen LogP contribution in [-0.4, -0.2) is 24.0 Å². The highest BCUT2D eigenvalue weighted by Crippen LogP contribution is 2.32. The van der Waals surface area contributed by atoms with E-state index in [9.17, 15) is 4.79 Å². The molecular formula is C21H22ClN3OS. The number of aromatic nitrogens is 1. The van der Waals surface area contributed by atoms with Crippen molar-refractivity contribution in [3.8, 4) is 0 Å². The van der Waals surface area contributed by atoms with E-state index in [1.54, 1.807) is 11.3 Å². The molecule has 2 heterocycles. The van der Waals surface area contributed by atoms with Crippen LogP contribution < -0.4 is 10.2 Å². The first-order valence-corrected chi connectivity index (χ1v) is 10.4. The summed E-state index contributed by atoms with van der Waals surface area (Å²) in [7, 11) is 0. The molecule has 1 aromatic heterocycles. The third-order valence-corrected chi connectivity index (χ3v) is 6.31. The number of carbonyl (C=O) groups is 1. The van der Waals surface area contributed by atoms with Gasteiger partial charge in [0, 0.05) is 24.7 Å². The molecule has 4 nitrogen and oxygen atoms in total. The number of nitrogens with one attached hydrogen (secondary N) is 1. The molecule has 27 heavy (non-hydrogen) atoms. The van der Waals surface area contributed by atoms with Crippen LogP contribution in [0.15, 0.2) is 42.5 Å². The number of nitrogens with zero attached hydrogens (tertiary/aromatic N) is 2. The van der Waals surface area contributed by atoms with Crippen molar-refractivity contribution in [2.45, 2.75) is 26.3 Å². The average molecular weight is 400 g/mol. The van der Waals surface area contributed by atoms with Gasteiger partial charge in [0.2, 0.25) is 5.91 Å². The van der Waals surface area contributed by atoms with Crippen molar-refractivity contribution in [1.82, 2.24) is 10.3 Å². The number of fused-ring (bicyclic) bond motifs is 1. The van der Waals surface area contributed by atoms with Crippen molar-refractivity contribution in [3.05, 3.63) is 58.6 Å². The third kappa shape index (κ3) is 4.25. The van der Waals surface area contributed by atoms with Gasteiger partial charge in [-0.05, 0) is 55.2 Å². The molecule has 0 aliphatic carbocycles. The van der Waals surface area contributed by atoms with Gasteiger partial charge < -0.3 is 10.2 Å². The zero-order valence-electron chi connectivity index (χ0n) is 15.2. The number of aryl methyl sites for hydroxylation is 1. The average Bonchev–Trinajstić information content (AvgIpc) is 3.10. The molecule has 1 aliphatic heterocycles. The lowest BCUT2D eigenvalue weighted by Crippen LogP contribution is -2.42. The van der Waals surface area contributed by atoms with E-state index in [1.165, 1.54) is 10.3 Å². The normalized spacial score (nSPS) is 17.3. The molecule has 1 unspecified atom stereocenters. The summed E-state index contributed by atoms with van der Waals surface area (Å²) in [4.78, 5) is 19.7. The number of anilines is 1. The van der Waals surface area contributed by atoms with E-state index in [0.29, 0.717) is 11.6 Å². The second kappa shape index (κ2) is 7.87. The van der Waals surface area contributed by atoms with Crippen LogP contribution in [0.2, 0.25) is 5.02 Å². The highest BCUT2D eigenvalue weighted by molar-refractivity contribution is 7.22. The first kappa shape index (κ1) is 18.3. The predicted molar refractivity (Wildman–Crippen MR) is 113 cm³/mol. The Balaban J connectivity index is 1.40. The largest absolute Gasteiger partial charge is 0.352 e. The Kier molecular flexibility index (Phi) is 5.32. The molecule has 0 bridgehead atoms. The van der Waals surface area contributed by atoms with E-state index in [1.807, 2.05) is 24.3 Å². The minimum absolute atomic E-state index is 0.000187. The SMILES string of the molecule is Cc1ccc2nc(N3CCCC(C(=O)NCc4ccc(Cl)cc4)C3)sc2c1. The highest BCUT2D eigenvalue weighted by Gasteiger charge is 2.27. The maximum Gasteiger partial charge on any atom is 0.225 e. The fourth-order valence-electron chi connectivity index (χ4n) is 3.46. The molecule has 1 amide bonds. The summed E-state index contributed by atoms with van der Waals surface area (Å²) < 4.78 is 1.21. The van der Waals surface area contributed by atoms with Crippen LogP contribution in [0.3, 0.4) is 0 Å². The van der Waals surface area contributed by atoms with Gasteiger partial charge in [0.15, 0.2) is 5.13 Å². The van der Waals surface area contributed by atoms with E-state index < -0.39 is 0 Å². The lowest BCUT2D eigenvalue weighted by Gasteiger charge is -2.31. The van der Waals surface area contributed by atoms with Gasteiger partial charge in [-0.1, -0.05) is 41.1 Å². The summed E-state index contributed by atoms with van der Waals surface area (Å²) in [6.45, 7) is 4.32. The van der Waals surface area contributed by atoms with E-state index in [2.05, 4.69) is 35.3 Å². The Labute approximate surface area is 168 Å². The molecule has 1 fully saturated rings. The van der Waals surface area contributed by atoms with Gasteiger partial charge in [-0.15, -0.1) is 0 Å². The van der Waals surface area contributed by atoms with Crippen LogP contribution in [-0.2, 0) is 11.3 Å². The maximum absolute atomic E-state index is 12.7. The van der Waals surface area contributed by atoms with Gasteiger partial charge in [0.05, 0.1) is 16.1 Å². The van der Waals surface area contributed by atoms with Gasteiger partial charge >= 0.3 is 0 Å². The summed E-state index contributed by atoms with van der Waals surface area (Å²) in [5, 5.41) is 4.80. The second-order valence-electron chi connectivity index (χ2n) is 7.10. The Morgan fingerprint density at radius 1 is 1.30 bits per heavy atom. The van der Waals surface area contributed by atoms with Crippen molar-refractivity contribution in [2.75, 3.05) is 18.0 Å². The summed E-state index contributed by atoms with van der Waals surface area (Å²) >= 11 is 7.62. The number of amides is 1. The Morgan fingerprint density at radius 3 is 2.93 bits per heavy atom. The minimum atomic E-state index is -0.000187. The molecule has 1 saturated heterocycles. The summed E-state index contributed by atoms with van der Waals surface area (Å²) in [5.41, 5.74) is 3.34. The van der Waals surface area contributed by atoms with Gasteiger partial charge in [0.1, 0.15) is 0 Å². The highest BCUT2D eigenvalue weighted by atomic mass is 35.5. The Bertz CT molecular complexity index is 954. The number of carbonyl (C=O) groups excluding carboxylic acids is 1. The van der Waals surface area contributed by atoms with Crippen molar-refractivity contribution in [2.24, 2.45) is 5.92 Å². The molecule has 0 saturated carbocycles. The molecule has 4 rings (SSSR count). The van der Waals surface area contributed by atoms with Crippen LogP contribution in [0.4, 0.5) is 5.13 Å². The number of rotatable bonds is 4. The zero-order valence-corrected chi connectivity index (χ0v) is 16.8. The molecule has 1 aliphatic rings. The predicted octanol–water partition coefficient (Wildman–Crippen LogP) is 4.79. The molecule has 0 spiro atoms. The quantitative estimate of drug-likeness (QED) is 0.685. The summed E-state index contributed by atoms with van der Waals surface area (Å²) in [6.07, 6.45) is 1.93. The second-order valence-corrected chi connectivity index (χ2v) is 8.54. The number of benzene rings is 2. The molecule has 6 heteroatoms. The van der Waals surface area contributed by atoms with Gasteiger partial charge in [-0.3, -0.25) is 4.79 Å². The van der Waals surface area contributed by atoms with Crippen molar-refractivity contribution < 1.29 is 4.79 Å². The van der Waals surface area contributed by atoms with Crippen LogP contribution in [0.1, 0.15) is 24.0 Å². The zero-order chi connectivity index (χ0) is 18.8. The monoisotopic (exact) mass is 399 g/mol. The van der Waals surface area contributed by atoms with Crippen LogP contribution in [0, 0.1) is 12.8 Å². The van der Waals surface area contributed by atoms with Crippen molar-refractivity contribution in [1.29, 1.82) is 0 Å². The standard InChI is InChI=1S/C21H22ClN3OS/c1-14-4-9-18-19(11-14)27-21(24-18)25-10-2-3-16(13-25)20(26)23-12-15-5-7-17(22)8-6-15/h4-9,11,16H,2-3,10,12-13H2,1H3,(H,23,26). The van der Waals surface area contributed by atoms with Crippen LogP contribution in [0.5, 0.6) is 0 Å².